The molecule has 2 heterocycles. The van der Waals surface area contributed by atoms with Gasteiger partial charge in [-0.05, 0) is 55.8 Å². The molecule has 0 saturated carbocycles. The number of para-hydroxylation sites is 3. The van der Waals surface area contributed by atoms with Gasteiger partial charge in [-0.1, -0.05) is 60.7 Å². The first-order valence-electron chi connectivity index (χ1n) is 11.9. The molecule has 0 spiro atoms. The van der Waals surface area contributed by atoms with Gasteiger partial charge >= 0.3 is 0 Å². The van der Waals surface area contributed by atoms with Crippen molar-refractivity contribution in [3.8, 4) is 23.5 Å². The highest BCUT2D eigenvalue weighted by Gasteiger charge is 2.21. The summed E-state index contributed by atoms with van der Waals surface area (Å²) in [6, 6.07) is 33.2. The molecule has 0 atom stereocenters. The van der Waals surface area contributed by atoms with Crippen LogP contribution in [0.25, 0.3) is 50.2 Å². The molecule has 0 N–H and O–H groups in total. The molecular weight excluding hydrogens is 440 g/mol. The summed E-state index contributed by atoms with van der Waals surface area (Å²) in [4.78, 5) is 0. The number of nitriles is 2. The van der Waals surface area contributed by atoms with Crippen molar-refractivity contribution in [1.82, 2.24) is 9.13 Å². The highest BCUT2D eigenvalue weighted by molar-refractivity contribution is 6.09. The minimum Gasteiger partial charge on any atom is -0.307 e. The van der Waals surface area contributed by atoms with Gasteiger partial charge < -0.3 is 9.13 Å². The molecule has 2 aromatic heterocycles. The lowest BCUT2D eigenvalue weighted by molar-refractivity contribution is 1.05. The molecule has 4 heteroatoms. The summed E-state index contributed by atoms with van der Waals surface area (Å²) in [5.74, 6) is 0. The van der Waals surface area contributed by atoms with Crippen molar-refractivity contribution in [2.24, 2.45) is 0 Å². The van der Waals surface area contributed by atoms with Crippen LogP contribution in [-0.4, -0.2) is 9.13 Å². The van der Waals surface area contributed by atoms with Gasteiger partial charge in [0.15, 0.2) is 0 Å². The lowest BCUT2D eigenvalue weighted by Gasteiger charge is -2.18. The zero-order valence-corrected chi connectivity index (χ0v) is 20.0. The van der Waals surface area contributed by atoms with Gasteiger partial charge in [0.2, 0.25) is 0 Å². The molecule has 0 saturated heterocycles. The van der Waals surface area contributed by atoms with Crippen molar-refractivity contribution < 1.29 is 0 Å². The maximum atomic E-state index is 9.95. The van der Waals surface area contributed by atoms with Crippen molar-refractivity contribution in [1.29, 1.82) is 10.5 Å². The second kappa shape index (κ2) is 8.31. The molecule has 0 amide bonds. The Morgan fingerprint density at radius 2 is 1.08 bits per heavy atom. The average Bonchev–Trinajstić information content (AvgIpc) is 3.40. The molecule has 170 valence electrons. The van der Waals surface area contributed by atoms with Gasteiger partial charge in [0, 0.05) is 21.9 Å². The van der Waals surface area contributed by atoms with Gasteiger partial charge in [-0.25, -0.2) is 0 Å². The van der Waals surface area contributed by atoms with Crippen LogP contribution in [0.4, 0.5) is 0 Å². The molecule has 4 nitrogen and oxygen atoms in total. The first-order valence-corrected chi connectivity index (χ1v) is 11.9. The number of aromatic nitrogens is 2. The fraction of sp³-hybridized carbons (Fsp3) is 0.0625. The topological polar surface area (TPSA) is 57.4 Å². The summed E-state index contributed by atoms with van der Waals surface area (Å²) in [7, 11) is 0. The third kappa shape index (κ3) is 2.99. The van der Waals surface area contributed by atoms with Crippen LogP contribution < -0.4 is 0 Å². The van der Waals surface area contributed by atoms with E-state index in [1.807, 2.05) is 61.5 Å². The molecule has 6 aromatic rings. The second-order valence-electron chi connectivity index (χ2n) is 8.84. The fourth-order valence-electron chi connectivity index (χ4n) is 5.34. The number of hydrogen-bond donors (Lipinski definition) is 0. The highest BCUT2D eigenvalue weighted by atomic mass is 15.1. The lowest BCUT2D eigenvalue weighted by atomic mass is 10.1. The Labute approximate surface area is 209 Å². The average molecular weight is 463 g/mol. The van der Waals surface area contributed by atoms with Crippen molar-refractivity contribution in [3.05, 3.63) is 113 Å². The van der Waals surface area contributed by atoms with Gasteiger partial charge in [0.05, 0.1) is 39.1 Å². The van der Waals surface area contributed by atoms with Gasteiger partial charge in [-0.15, -0.1) is 0 Å². The van der Waals surface area contributed by atoms with Crippen LogP contribution in [0.2, 0.25) is 0 Å². The van der Waals surface area contributed by atoms with Gasteiger partial charge in [-0.2, -0.15) is 10.5 Å². The van der Waals surface area contributed by atoms with Crippen LogP contribution in [0.5, 0.6) is 0 Å². The van der Waals surface area contributed by atoms with E-state index in [1.54, 1.807) is 0 Å². The second-order valence-corrected chi connectivity index (χ2v) is 8.84. The van der Waals surface area contributed by atoms with Crippen LogP contribution in [0.3, 0.4) is 0 Å². The Morgan fingerprint density at radius 1 is 0.639 bits per heavy atom. The van der Waals surface area contributed by atoms with E-state index in [9.17, 15) is 10.5 Å². The molecule has 4 aromatic carbocycles. The number of hydrogen-bond acceptors (Lipinski definition) is 2. The normalized spacial score (nSPS) is 11.4. The number of allylic oxidation sites excluding steroid dienone is 1. The van der Waals surface area contributed by atoms with Crippen LogP contribution in [-0.2, 0) is 0 Å². The minimum atomic E-state index is 0.360. The summed E-state index contributed by atoms with van der Waals surface area (Å²) < 4.78 is 4.43. The first-order chi connectivity index (χ1) is 17.7. The molecular formula is C32H22N4. The summed E-state index contributed by atoms with van der Waals surface area (Å²) >= 11 is 0. The quantitative estimate of drug-likeness (QED) is 0.269. The van der Waals surface area contributed by atoms with E-state index in [0.29, 0.717) is 11.1 Å². The maximum absolute atomic E-state index is 9.95. The van der Waals surface area contributed by atoms with E-state index in [-0.39, 0.29) is 0 Å². The third-order valence-electron chi connectivity index (χ3n) is 6.92. The van der Waals surface area contributed by atoms with Crippen LogP contribution >= 0.6 is 0 Å². The Hall–Kier alpha value is -5.06. The smallest absolute Gasteiger partial charge is 0.101 e. The Bertz CT molecular complexity index is 1880. The van der Waals surface area contributed by atoms with E-state index >= 15 is 0 Å². The Morgan fingerprint density at radius 3 is 1.58 bits per heavy atom. The third-order valence-corrected chi connectivity index (χ3v) is 6.92. The molecule has 0 aliphatic heterocycles. The van der Waals surface area contributed by atoms with Gasteiger partial charge in [0.1, 0.15) is 12.1 Å². The van der Waals surface area contributed by atoms with Crippen molar-refractivity contribution in [2.45, 2.75) is 13.8 Å². The van der Waals surface area contributed by atoms with E-state index in [2.05, 4.69) is 70.7 Å². The van der Waals surface area contributed by atoms with E-state index in [0.717, 1.165) is 49.8 Å². The maximum Gasteiger partial charge on any atom is 0.101 e. The summed E-state index contributed by atoms with van der Waals surface area (Å²) in [5, 5.41) is 23.3. The van der Waals surface area contributed by atoms with Crippen LogP contribution in [0, 0.1) is 29.6 Å². The van der Waals surface area contributed by atoms with E-state index in [1.165, 1.54) is 5.56 Å². The molecule has 36 heavy (non-hydrogen) atoms. The van der Waals surface area contributed by atoms with E-state index < -0.39 is 0 Å². The number of nitrogens with zero attached hydrogens (tertiary/aromatic N) is 4. The zero-order chi connectivity index (χ0) is 24.8. The monoisotopic (exact) mass is 462 g/mol. The molecule has 0 aliphatic carbocycles. The van der Waals surface area contributed by atoms with Crippen molar-refractivity contribution in [3.63, 3.8) is 0 Å². The number of fused-ring (bicyclic) bond motifs is 4. The van der Waals surface area contributed by atoms with E-state index in [4.69, 9.17) is 0 Å². The fourth-order valence-corrected chi connectivity index (χ4v) is 5.34. The Kier molecular flexibility index (Phi) is 4.95. The zero-order valence-electron chi connectivity index (χ0n) is 20.0. The predicted octanol–water partition coefficient (Wildman–Crippen LogP) is 7.81. The number of benzene rings is 4. The summed E-state index contributed by atoms with van der Waals surface area (Å²) in [5.41, 5.74) is 7.80. The largest absolute Gasteiger partial charge is 0.307 e. The minimum absolute atomic E-state index is 0.360. The van der Waals surface area contributed by atoms with Crippen LogP contribution in [0.15, 0.2) is 91.0 Å². The predicted molar refractivity (Wildman–Crippen MR) is 146 cm³/mol. The first kappa shape index (κ1) is 21.5. The molecule has 0 fully saturated rings. The SMILES string of the molecule is C/C=C\c1c(C)c2ccccc2n1-c1cc(C#N)c(C#N)cc1-n1c2ccccc2c2ccccc21. The van der Waals surface area contributed by atoms with Gasteiger partial charge in [0.25, 0.3) is 0 Å². The van der Waals surface area contributed by atoms with Crippen molar-refractivity contribution >= 4 is 38.8 Å². The lowest BCUT2D eigenvalue weighted by Crippen LogP contribution is -2.07. The van der Waals surface area contributed by atoms with Crippen LogP contribution in [0.1, 0.15) is 29.3 Å². The summed E-state index contributed by atoms with van der Waals surface area (Å²) in [6.07, 6.45) is 4.14. The Balaban J connectivity index is 1.85. The number of rotatable bonds is 3. The molecule has 0 unspecified atom stereocenters. The summed E-state index contributed by atoms with van der Waals surface area (Å²) in [6.45, 7) is 4.14. The molecule has 0 radical (unpaired) electrons. The number of aryl methyl sites for hydroxylation is 1. The highest BCUT2D eigenvalue weighted by Crippen LogP contribution is 2.38. The van der Waals surface area contributed by atoms with Crippen molar-refractivity contribution in [2.75, 3.05) is 0 Å². The molecule has 0 bridgehead atoms. The molecule has 0 aliphatic rings. The molecule has 6 rings (SSSR count). The van der Waals surface area contributed by atoms with Gasteiger partial charge in [-0.3, -0.25) is 0 Å². The standard InChI is InChI=1S/C32H22N4/c1-3-10-27-21(2)24-11-4-7-14-28(24)35(27)31-17-22(19-33)23(20-34)18-32(31)36-29-15-8-5-12-25(29)26-13-6-9-16-30(26)36/h3-18H,1-2H3/b10-3-.